The van der Waals surface area contributed by atoms with Gasteiger partial charge in [-0.25, -0.2) is 4.39 Å². The Labute approximate surface area is 136 Å². The van der Waals surface area contributed by atoms with Crippen LogP contribution < -0.4 is 10.1 Å². The number of hydrogen-bond acceptors (Lipinski definition) is 3. The van der Waals surface area contributed by atoms with E-state index in [9.17, 15) is 14.3 Å². The van der Waals surface area contributed by atoms with Crippen molar-refractivity contribution < 1.29 is 19.0 Å². The Morgan fingerprint density at radius 1 is 1.13 bits per heavy atom. The standard InChI is InChI=1S/C18H24FNO3/c19-13-7-10-16(17(11-13)23-15-3-1-2-4-15)20-18(22)12-5-8-14(21)9-6-12/h7,10-12,14-15,21H,1-6,8-9H2,(H,20,22). The minimum atomic E-state index is -0.364. The van der Waals surface area contributed by atoms with E-state index in [4.69, 9.17) is 4.74 Å². The highest BCUT2D eigenvalue weighted by Crippen LogP contribution is 2.32. The van der Waals surface area contributed by atoms with Crippen LogP contribution in [-0.4, -0.2) is 23.2 Å². The molecule has 3 rings (SSSR count). The smallest absolute Gasteiger partial charge is 0.227 e. The van der Waals surface area contributed by atoms with Crippen LogP contribution in [-0.2, 0) is 4.79 Å². The van der Waals surface area contributed by atoms with Crippen LogP contribution in [0.25, 0.3) is 0 Å². The van der Waals surface area contributed by atoms with Crippen molar-refractivity contribution in [3.63, 3.8) is 0 Å². The number of amides is 1. The van der Waals surface area contributed by atoms with Crippen molar-refractivity contribution >= 4 is 11.6 Å². The number of anilines is 1. The van der Waals surface area contributed by atoms with E-state index in [0.29, 0.717) is 37.1 Å². The van der Waals surface area contributed by atoms with E-state index in [1.807, 2.05) is 0 Å². The van der Waals surface area contributed by atoms with E-state index in [1.165, 1.54) is 12.1 Å². The fraction of sp³-hybridized carbons (Fsp3) is 0.611. The number of benzene rings is 1. The highest BCUT2D eigenvalue weighted by Gasteiger charge is 2.26. The summed E-state index contributed by atoms with van der Waals surface area (Å²) in [5.41, 5.74) is 0.537. The van der Waals surface area contributed by atoms with Crippen LogP contribution in [0, 0.1) is 11.7 Å². The molecule has 2 aliphatic rings. The van der Waals surface area contributed by atoms with Crippen LogP contribution in [0.15, 0.2) is 18.2 Å². The maximum absolute atomic E-state index is 13.5. The fourth-order valence-corrected chi connectivity index (χ4v) is 3.46. The number of halogens is 1. The summed E-state index contributed by atoms with van der Waals surface area (Å²) >= 11 is 0. The SMILES string of the molecule is O=C(Nc1ccc(F)cc1OC1CCCC1)C1CCC(O)CC1. The van der Waals surface area contributed by atoms with Gasteiger partial charge in [-0.2, -0.15) is 0 Å². The highest BCUT2D eigenvalue weighted by atomic mass is 19.1. The molecule has 0 spiro atoms. The van der Waals surface area contributed by atoms with E-state index in [1.54, 1.807) is 6.07 Å². The van der Waals surface area contributed by atoms with Gasteiger partial charge in [0.2, 0.25) is 5.91 Å². The first-order chi connectivity index (χ1) is 11.1. The van der Waals surface area contributed by atoms with Gasteiger partial charge in [0.05, 0.1) is 17.9 Å². The number of nitrogens with one attached hydrogen (secondary N) is 1. The summed E-state index contributed by atoms with van der Waals surface area (Å²) in [6, 6.07) is 4.25. The van der Waals surface area contributed by atoms with Crippen molar-refractivity contribution in [2.45, 2.75) is 63.6 Å². The molecule has 2 fully saturated rings. The van der Waals surface area contributed by atoms with Gasteiger partial charge in [0, 0.05) is 12.0 Å². The summed E-state index contributed by atoms with van der Waals surface area (Å²) in [6.45, 7) is 0. The fourth-order valence-electron chi connectivity index (χ4n) is 3.46. The normalized spacial score (nSPS) is 25.3. The van der Waals surface area contributed by atoms with Gasteiger partial charge in [-0.05, 0) is 63.5 Å². The zero-order chi connectivity index (χ0) is 16.2. The zero-order valence-corrected chi connectivity index (χ0v) is 13.3. The summed E-state index contributed by atoms with van der Waals surface area (Å²) in [4.78, 5) is 12.4. The van der Waals surface area contributed by atoms with Gasteiger partial charge < -0.3 is 15.2 Å². The second kappa shape index (κ2) is 7.30. The Bertz CT molecular complexity index is 549. The van der Waals surface area contributed by atoms with Gasteiger partial charge in [-0.3, -0.25) is 4.79 Å². The van der Waals surface area contributed by atoms with Crippen LogP contribution in [0.3, 0.4) is 0 Å². The molecule has 0 unspecified atom stereocenters. The third-order valence-electron chi connectivity index (χ3n) is 4.86. The maximum Gasteiger partial charge on any atom is 0.227 e. The molecule has 0 aromatic heterocycles. The van der Waals surface area contributed by atoms with Gasteiger partial charge >= 0.3 is 0 Å². The Balaban J connectivity index is 1.67. The lowest BCUT2D eigenvalue weighted by molar-refractivity contribution is -0.121. The molecule has 4 nitrogen and oxygen atoms in total. The number of ether oxygens (including phenoxy) is 1. The first kappa shape index (κ1) is 16.2. The summed E-state index contributed by atoms with van der Waals surface area (Å²) in [6.07, 6.45) is 6.73. The molecule has 0 atom stereocenters. The monoisotopic (exact) mass is 321 g/mol. The summed E-state index contributed by atoms with van der Waals surface area (Å²) in [7, 11) is 0. The predicted octanol–water partition coefficient (Wildman–Crippen LogP) is 3.64. The zero-order valence-electron chi connectivity index (χ0n) is 13.3. The van der Waals surface area contributed by atoms with Crippen molar-refractivity contribution in [1.82, 2.24) is 0 Å². The average Bonchev–Trinajstić information content (AvgIpc) is 3.03. The van der Waals surface area contributed by atoms with Gasteiger partial charge in [0.15, 0.2) is 0 Å². The van der Waals surface area contributed by atoms with Crippen LogP contribution in [0.2, 0.25) is 0 Å². The first-order valence-corrected chi connectivity index (χ1v) is 8.57. The average molecular weight is 321 g/mol. The Hall–Kier alpha value is -1.62. The lowest BCUT2D eigenvalue weighted by Crippen LogP contribution is -2.29. The molecule has 0 aliphatic heterocycles. The molecule has 0 saturated heterocycles. The number of carbonyl (C=O) groups excluding carboxylic acids is 1. The predicted molar refractivity (Wildman–Crippen MR) is 85.9 cm³/mol. The molecule has 126 valence electrons. The molecule has 1 amide bonds. The Kier molecular flexibility index (Phi) is 5.16. The van der Waals surface area contributed by atoms with E-state index < -0.39 is 0 Å². The summed E-state index contributed by atoms with van der Waals surface area (Å²) < 4.78 is 19.4. The molecule has 2 N–H and O–H groups in total. The van der Waals surface area contributed by atoms with Crippen LogP contribution in [0.4, 0.5) is 10.1 Å². The lowest BCUT2D eigenvalue weighted by Gasteiger charge is -2.25. The molecule has 5 heteroatoms. The van der Waals surface area contributed by atoms with E-state index >= 15 is 0 Å². The third kappa shape index (κ3) is 4.22. The van der Waals surface area contributed by atoms with Crippen molar-refractivity contribution in [3.05, 3.63) is 24.0 Å². The number of carbonyl (C=O) groups is 1. The van der Waals surface area contributed by atoms with E-state index in [2.05, 4.69) is 5.32 Å². The van der Waals surface area contributed by atoms with Crippen LogP contribution in [0.5, 0.6) is 5.75 Å². The number of aliphatic hydroxyl groups excluding tert-OH is 1. The van der Waals surface area contributed by atoms with Crippen molar-refractivity contribution in [1.29, 1.82) is 0 Å². The molecular formula is C18H24FNO3. The molecular weight excluding hydrogens is 297 g/mol. The minimum absolute atomic E-state index is 0.0696. The summed E-state index contributed by atoms with van der Waals surface area (Å²) in [5, 5.41) is 12.4. The first-order valence-electron chi connectivity index (χ1n) is 8.57. The highest BCUT2D eigenvalue weighted by molar-refractivity contribution is 5.94. The largest absolute Gasteiger partial charge is 0.488 e. The van der Waals surface area contributed by atoms with E-state index in [0.717, 1.165) is 25.7 Å². The second-order valence-electron chi connectivity index (χ2n) is 6.66. The van der Waals surface area contributed by atoms with Crippen LogP contribution >= 0.6 is 0 Å². The molecule has 23 heavy (non-hydrogen) atoms. The van der Waals surface area contributed by atoms with Crippen molar-refractivity contribution in [3.8, 4) is 5.75 Å². The summed E-state index contributed by atoms with van der Waals surface area (Å²) in [5.74, 6) is -0.111. The molecule has 2 aliphatic carbocycles. The van der Waals surface area contributed by atoms with E-state index in [-0.39, 0.29) is 29.9 Å². The molecule has 0 radical (unpaired) electrons. The van der Waals surface area contributed by atoms with Crippen LogP contribution in [0.1, 0.15) is 51.4 Å². The minimum Gasteiger partial charge on any atom is -0.488 e. The maximum atomic E-state index is 13.5. The van der Waals surface area contributed by atoms with Crippen molar-refractivity contribution in [2.75, 3.05) is 5.32 Å². The number of aliphatic hydroxyl groups is 1. The van der Waals surface area contributed by atoms with Gasteiger partial charge in [-0.1, -0.05) is 0 Å². The van der Waals surface area contributed by atoms with Crippen molar-refractivity contribution in [2.24, 2.45) is 5.92 Å². The molecule has 0 heterocycles. The number of hydrogen-bond donors (Lipinski definition) is 2. The second-order valence-corrected chi connectivity index (χ2v) is 6.66. The molecule has 1 aromatic carbocycles. The quantitative estimate of drug-likeness (QED) is 0.890. The lowest BCUT2D eigenvalue weighted by atomic mass is 9.87. The number of rotatable bonds is 4. The molecule has 2 saturated carbocycles. The Morgan fingerprint density at radius 2 is 1.83 bits per heavy atom. The Morgan fingerprint density at radius 3 is 2.52 bits per heavy atom. The molecule has 1 aromatic rings. The van der Waals surface area contributed by atoms with Gasteiger partial charge in [0.1, 0.15) is 11.6 Å². The van der Waals surface area contributed by atoms with Gasteiger partial charge in [-0.15, -0.1) is 0 Å². The third-order valence-corrected chi connectivity index (χ3v) is 4.86. The molecule has 0 bridgehead atoms. The topological polar surface area (TPSA) is 58.6 Å². The van der Waals surface area contributed by atoms with Gasteiger partial charge in [0.25, 0.3) is 0 Å².